The number of aromatic nitrogens is 1. The van der Waals surface area contributed by atoms with Crippen LogP contribution in [0.1, 0.15) is 20.8 Å². The fourth-order valence-corrected chi connectivity index (χ4v) is 1.27. The molecule has 0 aliphatic rings. The molecule has 0 bridgehead atoms. The number of rotatable bonds is 2. The van der Waals surface area contributed by atoms with Crippen LogP contribution in [0.3, 0.4) is 0 Å². The minimum Gasteiger partial charge on any atom is -0.325 e. The molecule has 1 rings (SSSR count). The first-order chi connectivity index (χ1) is 7.30. The Labute approximate surface area is 100 Å². The minimum absolute atomic E-state index is 0.227. The van der Waals surface area contributed by atoms with E-state index in [0.29, 0.717) is 10.8 Å². The number of carbonyl (C=O) groups is 1. The molecule has 1 amide bonds. The van der Waals surface area contributed by atoms with Crippen LogP contribution in [0.15, 0.2) is 18.3 Å². The van der Waals surface area contributed by atoms with Gasteiger partial charge in [0.25, 0.3) is 0 Å². The van der Waals surface area contributed by atoms with E-state index in [4.69, 9.17) is 17.3 Å². The van der Waals surface area contributed by atoms with E-state index in [0.717, 1.165) is 0 Å². The number of pyridine rings is 1. The molecule has 5 heteroatoms. The number of carbonyl (C=O) groups excluding carboxylic acids is 1. The summed E-state index contributed by atoms with van der Waals surface area (Å²) in [5, 5.41) is 3.04. The van der Waals surface area contributed by atoms with Crippen molar-refractivity contribution in [3.8, 4) is 0 Å². The van der Waals surface area contributed by atoms with Gasteiger partial charge in [-0.15, -0.1) is 0 Å². The molecule has 0 aromatic carbocycles. The van der Waals surface area contributed by atoms with Gasteiger partial charge in [0.2, 0.25) is 5.91 Å². The van der Waals surface area contributed by atoms with E-state index in [1.165, 1.54) is 6.20 Å². The first kappa shape index (κ1) is 12.9. The Bertz CT molecular complexity index is 387. The molecule has 0 fully saturated rings. The summed E-state index contributed by atoms with van der Waals surface area (Å²) < 4.78 is 0. The van der Waals surface area contributed by atoms with E-state index < -0.39 is 6.04 Å². The van der Waals surface area contributed by atoms with Gasteiger partial charge in [0.15, 0.2) is 0 Å². The van der Waals surface area contributed by atoms with Crippen LogP contribution in [0.25, 0.3) is 0 Å². The van der Waals surface area contributed by atoms with Crippen LogP contribution < -0.4 is 11.1 Å². The van der Waals surface area contributed by atoms with Gasteiger partial charge >= 0.3 is 0 Å². The van der Waals surface area contributed by atoms with E-state index in [1.54, 1.807) is 12.1 Å². The maximum absolute atomic E-state index is 11.8. The molecule has 88 valence electrons. The van der Waals surface area contributed by atoms with Gasteiger partial charge in [-0.25, -0.2) is 4.98 Å². The van der Waals surface area contributed by atoms with Gasteiger partial charge in [-0.3, -0.25) is 4.79 Å². The standard InChI is InChI=1S/C11H16ClN3O/c1-11(2,3)9(13)10(16)15-7-4-5-14-8(12)6-7/h4-6,9H,13H2,1-3H3,(H,14,15,16). The zero-order valence-corrected chi connectivity index (χ0v) is 10.4. The summed E-state index contributed by atoms with van der Waals surface area (Å²) in [7, 11) is 0. The van der Waals surface area contributed by atoms with Crippen molar-refractivity contribution in [1.82, 2.24) is 4.98 Å². The average Bonchev–Trinajstić information content (AvgIpc) is 2.15. The van der Waals surface area contributed by atoms with Gasteiger partial charge in [-0.2, -0.15) is 0 Å². The molecule has 3 N–H and O–H groups in total. The summed E-state index contributed by atoms with van der Waals surface area (Å²) in [5.74, 6) is -0.227. The van der Waals surface area contributed by atoms with Crippen LogP contribution in [0.4, 0.5) is 5.69 Å². The Morgan fingerprint density at radius 1 is 1.56 bits per heavy atom. The molecule has 0 aliphatic heterocycles. The third kappa shape index (κ3) is 3.47. The van der Waals surface area contributed by atoms with Crippen molar-refractivity contribution in [2.75, 3.05) is 5.32 Å². The number of halogens is 1. The molecule has 0 spiro atoms. The number of anilines is 1. The van der Waals surface area contributed by atoms with E-state index in [9.17, 15) is 4.79 Å². The number of amides is 1. The van der Waals surface area contributed by atoms with Crippen molar-refractivity contribution in [3.63, 3.8) is 0 Å². The Balaban J connectivity index is 2.72. The monoisotopic (exact) mass is 241 g/mol. The van der Waals surface area contributed by atoms with Gasteiger partial charge in [0.1, 0.15) is 5.15 Å². The third-order valence-electron chi connectivity index (χ3n) is 2.21. The number of nitrogens with zero attached hydrogens (tertiary/aromatic N) is 1. The molecule has 0 saturated heterocycles. The Kier molecular flexibility index (Phi) is 3.88. The molecular weight excluding hydrogens is 226 g/mol. The molecule has 1 heterocycles. The zero-order chi connectivity index (χ0) is 12.3. The Morgan fingerprint density at radius 3 is 2.69 bits per heavy atom. The predicted molar refractivity (Wildman–Crippen MR) is 65.3 cm³/mol. The number of hydrogen-bond donors (Lipinski definition) is 2. The van der Waals surface area contributed by atoms with Gasteiger partial charge < -0.3 is 11.1 Å². The molecule has 16 heavy (non-hydrogen) atoms. The highest BCUT2D eigenvalue weighted by Crippen LogP contribution is 2.19. The molecule has 1 aromatic heterocycles. The minimum atomic E-state index is -0.570. The highest BCUT2D eigenvalue weighted by atomic mass is 35.5. The fraction of sp³-hybridized carbons (Fsp3) is 0.455. The van der Waals surface area contributed by atoms with Crippen LogP contribution in [0.5, 0.6) is 0 Å². The summed E-state index contributed by atoms with van der Waals surface area (Å²) >= 11 is 5.70. The average molecular weight is 242 g/mol. The first-order valence-corrected chi connectivity index (χ1v) is 5.36. The second kappa shape index (κ2) is 4.80. The summed E-state index contributed by atoms with van der Waals surface area (Å²) in [6.45, 7) is 5.74. The van der Waals surface area contributed by atoms with Crippen LogP contribution >= 0.6 is 11.6 Å². The molecule has 0 saturated carbocycles. The molecular formula is C11H16ClN3O. The smallest absolute Gasteiger partial charge is 0.241 e. The van der Waals surface area contributed by atoms with Crippen molar-refractivity contribution in [2.45, 2.75) is 26.8 Å². The summed E-state index contributed by atoms with van der Waals surface area (Å²) in [4.78, 5) is 15.6. The molecule has 1 aromatic rings. The van der Waals surface area contributed by atoms with Gasteiger partial charge in [0, 0.05) is 11.9 Å². The first-order valence-electron chi connectivity index (χ1n) is 4.98. The quantitative estimate of drug-likeness (QED) is 0.779. The molecule has 0 radical (unpaired) electrons. The maximum atomic E-state index is 11.8. The van der Waals surface area contributed by atoms with Crippen LogP contribution in [0.2, 0.25) is 5.15 Å². The van der Waals surface area contributed by atoms with Crippen molar-refractivity contribution >= 4 is 23.2 Å². The highest BCUT2D eigenvalue weighted by Gasteiger charge is 2.27. The Morgan fingerprint density at radius 2 is 2.19 bits per heavy atom. The van der Waals surface area contributed by atoms with E-state index in [1.807, 2.05) is 20.8 Å². The lowest BCUT2D eigenvalue weighted by atomic mass is 9.87. The molecule has 1 atom stereocenters. The lowest BCUT2D eigenvalue weighted by Gasteiger charge is -2.25. The van der Waals surface area contributed by atoms with Crippen molar-refractivity contribution in [1.29, 1.82) is 0 Å². The molecule has 1 unspecified atom stereocenters. The normalized spacial score (nSPS) is 13.3. The van der Waals surface area contributed by atoms with Gasteiger partial charge in [-0.1, -0.05) is 32.4 Å². The SMILES string of the molecule is CC(C)(C)C(N)C(=O)Nc1ccnc(Cl)c1. The third-order valence-corrected chi connectivity index (χ3v) is 2.42. The summed E-state index contributed by atoms with van der Waals surface area (Å²) in [6.07, 6.45) is 1.53. The predicted octanol–water partition coefficient (Wildman–Crippen LogP) is 2.05. The van der Waals surface area contributed by atoms with Crippen LogP contribution in [-0.4, -0.2) is 16.9 Å². The van der Waals surface area contributed by atoms with Crippen molar-refractivity contribution in [2.24, 2.45) is 11.1 Å². The van der Waals surface area contributed by atoms with Gasteiger partial charge in [0.05, 0.1) is 6.04 Å². The van der Waals surface area contributed by atoms with Gasteiger partial charge in [-0.05, 0) is 17.5 Å². The molecule has 0 aliphatic carbocycles. The number of nitrogens with two attached hydrogens (primary N) is 1. The van der Waals surface area contributed by atoms with Crippen molar-refractivity contribution in [3.05, 3.63) is 23.5 Å². The topological polar surface area (TPSA) is 68.0 Å². The van der Waals surface area contributed by atoms with Crippen LogP contribution in [-0.2, 0) is 4.79 Å². The van der Waals surface area contributed by atoms with E-state index >= 15 is 0 Å². The Hall–Kier alpha value is -1.13. The zero-order valence-electron chi connectivity index (χ0n) is 9.62. The number of nitrogens with one attached hydrogen (secondary N) is 1. The molecule has 4 nitrogen and oxygen atoms in total. The van der Waals surface area contributed by atoms with Crippen molar-refractivity contribution < 1.29 is 4.79 Å². The second-order valence-corrected chi connectivity index (χ2v) is 5.09. The lowest BCUT2D eigenvalue weighted by molar-refractivity contribution is -0.119. The maximum Gasteiger partial charge on any atom is 0.241 e. The summed E-state index contributed by atoms with van der Waals surface area (Å²) in [6, 6.07) is 2.67. The van der Waals surface area contributed by atoms with E-state index in [-0.39, 0.29) is 11.3 Å². The fourth-order valence-electron chi connectivity index (χ4n) is 1.09. The van der Waals surface area contributed by atoms with E-state index in [2.05, 4.69) is 10.3 Å². The summed E-state index contributed by atoms with van der Waals surface area (Å²) in [5.41, 5.74) is 6.14. The highest BCUT2D eigenvalue weighted by molar-refractivity contribution is 6.29. The van der Waals surface area contributed by atoms with Crippen LogP contribution in [0, 0.1) is 5.41 Å². The second-order valence-electron chi connectivity index (χ2n) is 4.70. The number of hydrogen-bond acceptors (Lipinski definition) is 3. The largest absolute Gasteiger partial charge is 0.325 e. The lowest BCUT2D eigenvalue weighted by Crippen LogP contribution is -2.45.